The summed E-state index contributed by atoms with van der Waals surface area (Å²) in [5.41, 5.74) is 3.55. The Morgan fingerprint density at radius 3 is 2.29 bits per heavy atom. The van der Waals surface area contributed by atoms with Gasteiger partial charge in [0, 0.05) is 5.56 Å². The average molecular weight is 495 g/mol. The van der Waals surface area contributed by atoms with Crippen molar-refractivity contribution in [2.24, 2.45) is 0 Å². The van der Waals surface area contributed by atoms with E-state index in [1.54, 1.807) is 29.4 Å². The van der Waals surface area contributed by atoms with Gasteiger partial charge in [-0.05, 0) is 76.1 Å². The van der Waals surface area contributed by atoms with Gasteiger partial charge >= 0.3 is 0 Å². The van der Waals surface area contributed by atoms with Gasteiger partial charge in [0.1, 0.15) is 5.76 Å². The molecular weight excluding hydrogens is 464 g/mol. The quantitative estimate of drug-likeness (QED) is 0.249. The van der Waals surface area contributed by atoms with E-state index < -0.39 is 0 Å². The van der Waals surface area contributed by atoms with Gasteiger partial charge < -0.3 is 18.6 Å². The lowest BCUT2D eigenvalue weighted by atomic mass is 10.1. The predicted molar refractivity (Wildman–Crippen MR) is 138 cm³/mol. The first-order chi connectivity index (χ1) is 16.9. The topological polar surface area (TPSA) is 74.0 Å². The summed E-state index contributed by atoms with van der Waals surface area (Å²) in [5.74, 6) is 1.86. The fourth-order valence-corrected chi connectivity index (χ4v) is 4.95. The van der Waals surface area contributed by atoms with Gasteiger partial charge in [0.15, 0.2) is 16.6 Å². The molecule has 1 amide bonds. The van der Waals surface area contributed by atoms with Crippen LogP contribution in [0.25, 0.3) is 10.2 Å². The lowest BCUT2D eigenvalue weighted by Gasteiger charge is -2.21. The molecule has 0 aliphatic heterocycles. The molecule has 0 radical (unpaired) electrons. The number of aryl methyl sites for hydroxylation is 2. The largest absolute Gasteiger partial charge is 0.490 e. The number of hydrogen-bond donors (Lipinski definition) is 0. The lowest BCUT2D eigenvalue weighted by Crippen LogP contribution is -2.30. The third kappa shape index (κ3) is 5.27. The van der Waals surface area contributed by atoms with Crippen molar-refractivity contribution in [2.45, 2.75) is 41.2 Å². The highest BCUT2D eigenvalue weighted by Crippen LogP contribution is 2.40. The molecule has 0 N–H and O–H groups in total. The number of rotatable bonds is 10. The summed E-state index contributed by atoms with van der Waals surface area (Å²) in [6.07, 6.45) is 1.60. The molecule has 35 heavy (non-hydrogen) atoms. The first-order valence-corrected chi connectivity index (χ1v) is 12.5. The van der Waals surface area contributed by atoms with E-state index in [9.17, 15) is 4.79 Å². The number of thiazole rings is 1. The third-order valence-electron chi connectivity index (χ3n) is 5.33. The summed E-state index contributed by atoms with van der Waals surface area (Å²) >= 11 is 1.49. The molecule has 2 aromatic carbocycles. The van der Waals surface area contributed by atoms with Crippen molar-refractivity contribution in [3.8, 4) is 17.2 Å². The number of hydrogen-bond acceptors (Lipinski definition) is 7. The molecule has 0 saturated heterocycles. The monoisotopic (exact) mass is 494 g/mol. The fraction of sp³-hybridized carbons (Fsp3) is 0.333. The zero-order valence-electron chi connectivity index (χ0n) is 20.7. The van der Waals surface area contributed by atoms with Crippen LogP contribution in [-0.2, 0) is 6.54 Å². The summed E-state index contributed by atoms with van der Waals surface area (Å²) in [7, 11) is 0. The molecule has 0 bridgehead atoms. The van der Waals surface area contributed by atoms with E-state index in [0.717, 1.165) is 21.3 Å². The SMILES string of the molecule is CCOc1cc(C(=O)N(Cc2ccco2)c2nc3cc(C)cc(C)c3s2)cc(OCC)c1OCC. The van der Waals surface area contributed by atoms with E-state index in [1.807, 2.05) is 39.8 Å². The fourth-order valence-electron chi connectivity index (χ4n) is 3.93. The zero-order chi connectivity index (χ0) is 24.9. The van der Waals surface area contributed by atoms with Crippen LogP contribution in [0.15, 0.2) is 47.1 Å². The van der Waals surface area contributed by atoms with Crippen LogP contribution in [0.5, 0.6) is 17.2 Å². The van der Waals surface area contributed by atoms with Crippen molar-refractivity contribution in [2.75, 3.05) is 24.7 Å². The second-order valence-corrected chi connectivity index (χ2v) is 8.98. The predicted octanol–water partition coefficient (Wildman–Crippen LogP) is 6.55. The number of nitrogens with zero attached hydrogens (tertiary/aromatic N) is 2. The molecule has 8 heteroatoms. The number of carbonyl (C=O) groups excluding carboxylic acids is 1. The van der Waals surface area contributed by atoms with Crippen molar-refractivity contribution in [3.63, 3.8) is 0 Å². The minimum atomic E-state index is -0.236. The number of furan rings is 1. The van der Waals surface area contributed by atoms with Crippen molar-refractivity contribution < 1.29 is 23.4 Å². The Balaban J connectivity index is 1.82. The van der Waals surface area contributed by atoms with Gasteiger partial charge in [0.25, 0.3) is 5.91 Å². The number of aromatic nitrogens is 1. The molecule has 2 aromatic heterocycles. The molecule has 0 saturated carbocycles. The minimum absolute atomic E-state index is 0.236. The maximum absolute atomic E-state index is 14.0. The van der Waals surface area contributed by atoms with Crippen molar-refractivity contribution in [3.05, 3.63) is 65.1 Å². The highest BCUT2D eigenvalue weighted by atomic mass is 32.1. The summed E-state index contributed by atoms with van der Waals surface area (Å²) in [6.45, 7) is 11.3. The van der Waals surface area contributed by atoms with E-state index in [1.165, 1.54) is 11.3 Å². The zero-order valence-corrected chi connectivity index (χ0v) is 21.5. The molecule has 0 unspecified atom stereocenters. The Labute approximate surface area is 209 Å². The molecule has 0 fully saturated rings. The van der Waals surface area contributed by atoms with Crippen LogP contribution < -0.4 is 19.1 Å². The Morgan fingerprint density at radius 1 is 1.00 bits per heavy atom. The Hall–Kier alpha value is -3.52. The summed E-state index contributed by atoms with van der Waals surface area (Å²) < 4.78 is 24.1. The van der Waals surface area contributed by atoms with Gasteiger partial charge in [-0.3, -0.25) is 9.69 Å². The second-order valence-electron chi connectivity index (χ2n) is 8.00. The molecule has 2 heterocycles. The highest BCUT2D eigenvalue weighted by molar-refractivity contribution is 7.22. The van der Waals surface area contributed by atoms with Crippen molar-refractivity contribution in [1.82, 2.24) is 4.98 Å². The highest BCUT2D eigenvalue weighted by Gasteiger charge is 2.26. The standard InChI is InChI=1S/C27H30N2O5S/c1-6-31-22-14-19(15-23(32-7-2)24(22)33-8-3)26(30)29(16-20-10-9-11-34-20)27-28-21-13-17(4)12-18(5)25(21)35-27/h9-15H,6-8,16H2,1-5H3. The molecule has 0 aliphatic carbocycles. The summed E-state index contributed by atoms with van der Waals surface area (Å²) in [4.78, 5) is 20.4. The molecule has 0 spiro atoms. The van der Waals surface area contributed by atoms with E-state index in [0.29, 0.717) is 53.5 Å². The van der Waals surface area contributed by atoms with Gasteiger partial charge in [-0.1, -0.05) is 17.4 Å². The normalized spacial score (nSPS) is 11.0. The molecule has 0 atom stereocenters. The van der Waals surface area contributed by atoms with Crippen LogP contribution in [0, 0.1) is 13.8 Å². The van der Waals surface area contributed by atoms with Crippen LogP contribution in [0.2, 0.25) is 0 Å². The first kappa shape index (κ1) is 24.6. The van der Waals surface area contributed by atoms with E-state index in [4.69, 9.17) is 23.6 Å². The van der Waals surface area contributed by atoms with Gasteiger partial charge in [0.05, 0.1) is 42.8 Å². The smallest absolute Gasteiger partial charge is 0.260 e. The number of benzene rings is 2. The van der Waals surface area contributed by atoms with Gasteiger partial charge in [0.2, 0.25) is 5.75 Å². The Kier molecular flexibility index (Phi) is 7.60. The summed E-state index contributed by atoms with van der Waals surface area (Å²) in [6, 6.07) is 11.2. The average Bonchev–Trinajstić information content (AvgIpc) is 3.49. The molecule has 7 nitrogen and oxygen atoms in total. The second kappa shape index (κ2) is 10.8. The van der Waals surface area contributed by atoms with Crippen molar-refractivity contribution >= 4 is 32.6 Å². The Morgan fingerprint density at radius 2 is 1.69 bits per heavy atom. The summed E-state index contributed by atoms with van der Waals surface area (Å²) in [5, 5.41) is 0.597. The number of ether oxygens (including phenoxy) is 3. The maximum atomic E-state index is 14.0. The van der Waals surface area contributed by atoms with Crippen LogP contribution >= 0.6 is 11.3 Å². The molecule has 4 aromatic rings. The number of anilines is 1. The molecular formula is C27H30N2O5S. The van der Waals surface area contributed by atoms with Gasteiger partial charge in [-0.25, -0.2) is 4.98 Å². The van der Waals surface area contributed by atoms with E-state index in [-0.39, 0.29) is 12.5 Å². The molecule has 4 rings (SSSR count). The van der Waals surface area contributed by atoms with Gasteiger partial charge in [-0.2, -0.15) is 0 Å². The number of amides is 1. The van der Waals surface area contributed by atoms with Crippen molar-refractivity contribution in [1.29, 1.82) is 0 Å². The van der Waals surface area contributed by atoms with Crippen LogP contribution in [0.1, 0.15) is 48.0 Å². The molecule has 0 aliphatic rings. The third-order valence-corrected chi connectivity index (χ3v) is 6.56. The van der Waals surface area contributed by atoms with Crippen LogP contribution in [-0.4, -0.2) is 30.7 Å². The van der Waals surface area contributed by atoms with E-state index in [2.05, 4.69) is 13.0 Å². The lowest BCUT2D eigenvalue weighted by molar-refractivity contribution is 0.0982. The van der Waals surface area contributed by atoms with Gasteiger partial charge in [-0.15, -0.1) is 0 Å². The van der Waals surface area contributed by atoms with E-state index >= 15 is 0 Å². The first-order valence-electron chi connectivity index (χ1n) is 11.7. The number of fused-ring (bicyclic) bond motifs is 1. The minimum Gasteiger partial charge on any atom is -0.490 e. The molecule has 184 valence electrons. The number of carbonyl (C=O) groups is 1. The van der Waals surface area contributed by atoms with Crippen LogP contribution in [0.3, 0.4) is 0 Å². The Bertz CT molecular complexity index is 1290. The maximum Gasteiger partial charge on any atom is 0.260 e. The van der Waals surface area contributed by atoms with Crippen LogP contribution in [0.4, 0.5) is 5.13 Å².